The van der Waals surface area contributed by atoms with Gasteiger partial charge in [0.25, 0.3) is 5.69 Å². The summed E-state index contributed by atoms with van der Waals surface area (Å²) in [6.07, 6.45) is 3.34. The molecular formula is C12H10ClN3O2. The number of aromatic nitrogens is 1. The number of anilines is 1. The van der Waals surface area contributed by atoms with Crippen molar-refractivity contribution < 1.29 is 4.92 Å². The van der Waals surface area contributed by atoms with Gasteiger partial charge in [0.1, 0.15) is 0 Å². The molecule has 0 amide bonds. The van der Waals surface area contributed by atoms with Crippen molar-refractivity contribution in [2.24, 2.45) is 0 Å². The van der Waals surface area contributed by atoms with E-state index in [9.17, 15) is 10.1 Å². The monoisotopic (exact) mass is 263 g/mol. The number of non-ortho nitro benzene ring substituents is 1. The highest BCUT2D eigenvalue weighted by atomic mass is 35.5. The maximum Gasteiger partial charge on any atom is 0.269 e. The molecule has 1 aromatic heterocycles. The molecule has 1 N–H and O–H groups in total. The number of halogens is 1. The molecule has 0 fully saturated rings. The van der Waals surface area contributed by atoms with Gasteiger partial charge in [0.2, 0.25) is 0 Å². The van der Waals surface area contributed by atoms with Crippen molar-refractivity contribution in [3.05, 3.63) is 63.4 Å². The molecule has 6 heteroatoms. The van der Waals surface area contributed by atoms with Crippen LogP contribution in [0.1, 0.15) is 5.56 Å². The Hall–Kier alpha value is -2.14. The average molecular weight is 264 g/mol. The second-order valence-corrected chi connectivity index (χ2v) is 4.04. The summed E-state index contributed by atoms with van der Waals surface area (Å²) in [4.78, 5) is 14.2. The highest BCUT2D eigenvalue weighted by Gasteiger charge is 2.09. The Kier molecular flexibility index (Phi) is 3.74. The van der Waals surface area contributed by atoms with E-state index < -0.39 is 4.92 Å². The Balaban J connectivity index is 2.14. The number of nitrogens with zero attached hydrogens (tertiary/aromatic N) is 2. The minimum Gasteiger partial charge on any atom is -0.380 e. The van der Waals surface area contributed by atoms with Crippen LogP contribution in [0.25, 0.3) is 0 Å². The second-order valence-electron chi connectivity index (χ2n) is 3.63. The number of hydrogen-bond donors (Lipinski definition) is 1. The Morgan fingerprint density at radius 3 is 2.89 bits per heavy atom. The minimum atomic E-state index is -0.441. The molecule has 1 heterocycles. The van der Waals surface area contributed by atoms with Crippen LogP contribution in [0.5, 0.6) is 0 Å². The van der Waals surface area contributed by atoms with Crippen molar-refractivity contribution in [1.29, 1.82) is 0 Å². The first-order valence-electron chi connectivity index (χ1n) is 5.23. The summed E-state index contributed by atoms with van der Waals surface area (Å²) in [5.74, 6) is 0. The first-order valence-corrected chi connectivity index (χ1v) is 5.61. The zero-order valence-corrected chi connectivity index (χ0v) is 10.1. The lowest BCUT2D eigenvalue weighted by Crippen LogP contribution is -2.01. The number of benzene rings is 1. The molecule has 1 aromatic carbocycles. The molecule has 0 spiro atoms. The van der Waals surface area contributed by atoms with Gasteiger partial charge in [0.15, 0.2) is 0 Å². The van der Waals surface area contributed by atoms with E-state index >= 15 is 0 Å². The molecule has 0 aliphatic heterocycles. The molecule has 0 saturated carbocycles. The minimum absolute atomic E-state index is 0.0300. The van der Waals surface area contributed by atoms with Gasteiger partial charge in [-0.25, -0.2) is 0 Å². The molecule has 0 saturated heterocycles. The van der Waals surface area contributed by atoms with E-state index in [0.717, 1.165) is 5.69 Å². The predicted molar refractivity (Wildman–Crippen MR) is 69.7 cm³/mol. The number of pyridine rings is 1. The van der Waals surface area contributed by atoms with E-state index in [1.807, 2.05) is 6.07 Å². The van der Waals surface area contributed by atoms with Crippen LogP contribution in [0.3, 0.4) is 0 Å². The first-order chi connectivity index (χ1) is 8.66. The second kappa shape index (κ2) is 5.46. The molecule has 18 heavy (non-hydrogen) atoms. The number of nitrogens with one attached hydrogen (secondary N) is 1. The van der Waals surface area contributed by atoms with Crippen LogP contribution < -0.4 is 5.32 Å². The number of rotatable bonds is 4. The molecule has 92 valence electrons. The van der Waals surface area contributed by atoms with Crippen molar-refractivity contribution in [1.82, 2.24) is 4.98 Å². The van der Waals surface area contributed by atoms with Gasteiger partial charge in [-0.1, -0.05) is 11.6 Å². The van der Waals surface area contributed by atoms with Gasteiger partial charge in [-0.15, -0.1) is 0 Å². The predicted octanol–water partition coefficient (Wildman–Crippen LogP) is 3.26. The summed E-state index contributed by atoms with van der Waals surface area (Å²) >= 11 is 5.99. The Morgan fingerprint density at radius 2 is 2.22 bits per heavy atom. The van der Waals surface area contributed by atoms with Crippen molar-refractivity contribution in [2.45, 2.75) is 6.54 Å². The Morgan fingerprint density at radius 1 is 1.39 bits per heavy atom. The zero-order chi connectivity index (χ0) is 13.0. The van der Waals surface area contributed by atoms with Gasteiger partial charge in [-0.3, -0.25) is 15.1 Å². The lowest BCUT2D eigenvalue weighted by molar-refractivity contribution is -0.384. The van der Waals surface area contributed by atoms with Crippen molar-refractivity contribution >= 4 is 23.0 Å². The summed E-state index contributed by atoms with van der Waals surface area (Å²) in [7, 11) is 0. The van der Waals surface area contributed by atoms with E-state index in [2.05, 4.69) is 10.3 Å². The van der Waals surface area contributed by atoms with Gasteiger partial charge in [-0.2, -0.15) is 0 Å². The molecule has 0 radical (unpaired) electrons. The number of hydrogen-bond acceptors (Lipinski definition) is 4. The summed E-state index contributed by atoms with van der Waals surface area (Å²) in [6.45, 7) is 0.409. The summed E-state index contributed by atoms with van der Waals surface area (Å²) in [5.41, 5.74) is 1.54. The van der Waals surface area contributed by atoms with E-state index in [1.54, 1.807) is 18.5 Å². The number of nitro benzene ring substituents is 1. The summed E-state index contributed by atoms with van der Waals surface area (Å²) in [6, 6.07) is 8.04. The third kappa shape index (κ3) is 2.95. The van der Waals surface area contributed by atoms with Crippen LogP contribution in [-0.2, 0) is 6.54 Å². The fraction of sp³-hybridized carbons (Fsp3) is 0.0833. The quantitative estimate of drug-likeness (QED) is 0.679. The Bertz CT molecular complexity index is 561. The summed E-state index contributed by atoms with van der Waals surface area (Å²) < 4.78 is 0. The molecule has 0 aliphatic rings. The maximum atomic E-state index is 10.7. The van der Waals surface area contributed by atoms with E-state index in [0.29, 0.717) is 17.1 Å². The molecular weight excluding hydrogens is 254 g/mol. The van der Waals surface area contributed by atoms with Gasteiger partial charge in [-0.05, 0) is 23.8 Å². The SMILES string of the molecule is O=[N+]([O-])c1ccc(Cl)c(CNc2cccnc2)c1. The lowest BCUT2D eigenvalue weighted by atomic mass is 10.2. The van der Waals surface area contributed by atoms with Gasteiger partial charge < -0.3 is 5.32 Å². The lowest BCUT2D eigenvalue weighted by Gasteiger charge is -2.07. The van der Waals surface area contributed by atoms with E-state index in [1.165, 1.54) is 18.2 Å². The highest BCUT2D eigenvalue weighted by Crippen LogP contribution is 2.22. The first kappa shape index (κ1) is 12.3. The standard InChI is InChI=1S/C12H10ClN3O2/c13-12-4-3-11(16(17)18)6-9(12)7-15-10-2-1-5-14-8-10/h1-6,8,15H,7H2. The normalized spacial score (nSPS) is 10.1. The van der Waals surface area contributed by atoms with Crippen LogP contribution in [0.2, 0.25) is 5.02 Å². The molecule has 5 nitrogen and oxygen atoms in total. The molecule has 0 atom stereocenters. The topological polar surface area (TPSA) is 68.1 Å². The van der Waals surface area contributed by atoms with Gasteiger partial charge in [0.05, 0.1) is 10.6 Å². The van der Waals surface area contributed by atoms with Gasteiger partial charge >= 0.3 is 0 Å². The summed E-state index contributed by atoms with van der Waals surface area (Å²) in [5, 5.41) is 14.3. The van der Waals surface area contributed by atoms with Crippen LogP contribution in [0, 0.1) is 10.1 Å². The largest absolute Gasteiger partial charge is 0.380 e. The highest BCUT2D eigenvalue weighted by molar-refractivity contribution is 6.31. The molecule has 0 unspecified atom stereocenters. The zero-order valence-electron chi connectivity index (χ0n) is 9.34. The smallest absolute Gasteiger partial charge is 0.269 e. The van der Waals surface area contributed by atoms with Crippen molar-refractivity contribution in [2.75, 3.05) is 5.32 Å². The molecule has 2 rings (SSSR count). The molecule has 2 aromatic rings. The van der Waals surface area contributed by atoms with Crippen LogP contribution >= 0.6 is 11.6 Å². The fourth-order valence-corrected chi connectivity index (χ4v) is 1.66. The van der Waals surface area contributed by atoms with Crippen molar-refractivity contribution in [3.63, 3.8) is 0 Å². The van der Waals surface area contributed by atoms with Crippen LogP contribution in [0.15, 0.2) is 42.7 Å². The van der Waals surface area contributed by atoms with E-state index in [-0.39, 0.29) is 5.69 Å². The molecule has 0 bridgehead atoms. The average Bonchev–Trinajstić information content (AvgIpc) is 2.38. The third-order valence-electron chi connectivity index (χ3n) is 2.38. The van der Waals surface area contributed by atoms with Crippen LogP contribution in [0.4, 0.5) is 11.4 Å². The van der Waals surface area contributed by atoms with Crippen LogP contribution in [-0.4, -0.2) is 9.91 Å². The Labute approximate surface area is 109 Å². The van der Waals surface area contributed by atoms with E-state index in [4.69, 9.17) is 11.6 Å². The van der Waals surface area contributed by atoms with Crippen molar-refractivity contribution in [3.8, 4) is 0 Å². The number of nitro groups is 1. The third-order valence-corrected chi connectivity index (χ3v) is 2.75. The molecule has 0 aliphatic carbocycles. The van der Waals surface area contributed by atoms with Gasteiger partial charge in [0, 0.05) is 36.1 Å². The fourth-order valence-electron chi connectivity index (χ4n) is 1.47. The maximum absolute atomic E-state index is 10.7.